The van der Waals surface area contributed by atoms with Gasteiger partial charge in [0, 0.05) is 21.7 Å². The molecule has 0 atom stereocenters. The van der Waals surface area contributed by atoms with Crippen LogP contribution in [0, 0.1) is 5.92 Å². The molecule has 0 radical (unpaired) electrons. The summed E-state index contributed by atoms with van der Waals surface area (Å²) in [5.74, 6) is 0.0153. The van der Waals surface area contributed by atoms with Gasteiger partial charge in [0.15, 0.2) is 11.6 Å². The van der Waals surface area contributed by atoms with Crippen LogP contribution >= 0.6 is 11.6 Å². The third-order valence-electron chi connectivity index (χ3n) is 5.59. The molecule has 26 heavy (non-hydrogen) atoms. The predicted octanol–water partition coefficient (Wildman–Crippen LogP) is 5.00. The van der Waals surface area contributed by atoms with Crippen molar-refractivity contribution in [3.8, 4) is 0 Å². The summed E-state index contributed by atoms with van der Waals surface area (Å²) < 4.78 is 0. The van der Waals surface area contributed by atoms with Crippen LogP contribution in [0.15, 0.2) is 71.0 Å². The van der Waals surface area contributed by atoms with Crippen LogP contribution in [0.5, 0.6) is 0 Å². The molecule has 4 rings (SSSR count). The predicted molar refractivity (Wildman–Crippen MR) is 101 cm³/mol. The molecule has 3 aliphatic rings. The van der Waals surface area contributed by atoms with Crippen LogP contribution in [0.3, 0.4) is 0 Å². The molecule has 0 aromatic heterocycles. The van der Waals surface area contributed by atoms with E-state index in [1.807, 2.05) is 12.1 Å². The molecule has 3 nitrogen and oxygen atoms in total. The highest BCUT2D eigenvalue weighted by Gasteiger charge is 2.35. The van der Waals surface area contributed by atoms with E-state index < -0.39 is 0 Å². The molecule has 1 saturated carbocycles. The molecular formula is C22H19ClO3. The number of halogens is 1. The number of allylic oxidation sites excluding steroid dienone is 6. The zero-order chi connectivity index (χ0) is 18.3. The minimum absolute atomic E-state index is 0.0138. The van der Waals surface area contributed by atoms with Crippen LogP contribution < -0.4 is 0 Å². The van der Waals surface area contributed by atoms with E-state index in [1.165, 1.54) is 17.7 Å². The minimum atomic E-state index is -0.229. The summed E-state index contributed by atoms with van der Waals surface area (Å²) in [6, 6.07) is 7.95. The maximum Gasteiger partial charge on any atom is 0.186 e. The third kappa shape index (κ3) is 2.97. The quantitative estimate of drug-likeness (QED) is 0.801. The largest absolute Gasteiger partial charge is 0.507 e. The van der Waals surface area contributed by atoms with Gasteiger partial charge in [0.25, 0.3) is 0 Å². The van der Waals surface area contributed by atoms with E-state index in [1.54, 1.807) is 12.2 Å². The zero-order valence-electron chi connectivity index (χ0n) is 14.2. The lowest BCUT2D eigenvalue weighted by Crippen LogP contribution is -2.25. The van der Waals surface area contributed by atoms with Crippen LogP contribution in [0.1, 0.15) is 37.2 Å². The van der Waals surface area contributed by atoms with Crippen LogP contribution in [-0.2, 0) is 9.59 Å². The summed E-state index contributed by atoms with van der Waals surface area (Å²) in [6.07, 6.45) is 9.74. The number of fused-ring (bicyclic) bond motifs is 1. The minimum Gasteiger partial charge on any atom is -0.507 e. The van der Waals surface area contributed by atoms with Crippen molar-refractivity contribution < 1.29 is 14.7 Å². The molecule has 0 heterocycles. The third-order valence-corrected chi connectivity index (χ3v) is 5.85. The SMILES string of the molecule is O=C1C=CC=C2C1=CC(=O)C(C1CCC(c3ccc(Cl)cc3)CC1)=C2O. The molecule has 4 heteroatoms. The van der Waals surface area contributed by atoms with Crippen LogP contribution in [0.2, 0.25) is 5.02 Å². The van der Waals surface area contributed by atoms with E-state index in [2.05, 4.69) is 12.1 Å². The van der Waals surface area contributed by atoms with E-state index in [4.69, 9.17) is 11.6 Å². The molecule has 0 saturated heterocycles. The second-order valence-electron chi connectivity index (χ2n) is 7.09. The summed E-state index contributed by atoms with van der Waals surface area (Å²) in [4.78, 5) is 24.5. The molecule has 1 fully saturated rings. The molecule has 0 aliphatic heterocycles. The van der Waals surface area contributed by atoms with Gasteiger partial charge in [-0.3, -0.25) is 9.59 Å². The first kappa shape index (κ1) is 17.0. The van der Waals surface area contributed by atoms with Crippen molar-refractivity contribution in [3.63, 3.8) is 0 Å². The van der Waals surface area contributed by atoms with Gasteiger partial charge in [-0.2, -0.15) is 0 Å². The fourth-order valence-electron chi connectivity index (χ4n) is 4.21. The first-order valence-electron chi connectivity index (χ1n) is 8.92. The molecule has 0 amide bonds. The van der Waals surface area contributed by atoms with E-state index in [9.17, 15) is 14.7 Å². The van der Waals surface area contributed by atoms with Crippen molar-refractivity contribution >= 4 is 23.2 Å². The average molecular weight is 367 g/mol. The number of ketones is 2. The Kier molecular flexibility index (Phi) is 4.41. The van der Waals surface area contributed by atoms with Crippen molar-refractivity contribution in [2.75, 3.05) is 0 Å². The highest BCUT2D eigenvalue weighted by Crippen LogP contribution is 2.42. The van der Waals surface area contributed by atoms with Crippen LogP contribution in [-0.4, -0.2) is 16.7 Å². The fourth-order valence-corrected chi connectivity index (χ4v) is 4.34. The first-order chi connectivity index (χ1) is 12.5. The second kappa shape index (κ2) is 6.73. The van der Waals surface area contributed by atoms with E-state index in [0.717, 1.165) is 30.7 Å². The maximum absolute atomic E-state index is 12.6. The summed E-state index contributed by atoms with van der Waals surface area (Å²) in [7, 11) is 0. The Morgan fingerprint density at radius 2 is 1.54 bits per heavy atom. The van der Waals surface area contributed by atoms with E-state index in [-0.39, 0.29) is 23.2 Å². The molecule has 1 aromatic rings. The number of aliphatic hydroxyl groups is 1. The molecular weight excluding hydrogens is 348 g/mol. The van der Waals surface area contributed by atoms with Gasteiger partial charge in [0.1, 0.15) is 5.76 Å². The van der Waals surface area contributed by atoms with Gasteiger partial charge in [-0.25, -0.2) is 0 Å². The van der Waals surface area contributed by atoms with E-state index >= 15 is 0 Å². The summed E-state index contributed by atoms with van der Waals surface area (Å²) >= 11 is 5.96. The van der Waals surface area contributed by atoms with Gasteiger partial charge < -0.3 is 5.11 Å². The number of rotatable bonds is 2. The Balaban J connectivity index is 1.54. The van der Waals surface area contributed by atoms with Crippen molar-refractivity contribution in [2.45, 2.75) is 31.6 Å². The summed E-state index contributed by atoms with van der Waals surface area (Å²) in [5, 5.41) is 11.4. The Bertz CT molecular complexity index is 892. The lowest BCUT2D eigenvalue weighted by molar-refractivity contribution is -0.114. The summed E-state index contributed by atoms with van der Waals surface area (Å²) in [6.45, 7) is 0. The second-order valence-corrected chi connectivity index (χ2v) is 7.52. The van der Waals surface area contributed by atoms with Crippen molar-refractivity contribution in [3.05, 3.63) is 81.6 Å². The topological polar surface area (TPSA) is 54.4 Å². The lowest BCUT2D eigenvalue weighted by Gasteiger charge is -2.32. The Morgan fingerprint density at radius 3 is 2.23 bits per heavy atom. The number of hydrogen-bond donors (Lipinski definition) is 1. The smallest absolute Gasteiger partial charge is 0.186 e. The Labute approximate surface area is 157 Å². The monoisotopic (exact) mass is 366 g/mol. The first-order valence-corrected chi connectivity index (χ1v) is 9.30. The normalized spacial score (nSPS) is 25.7. The van der Waals surface area contributed by atoms with Gasteiger partial charge in [0.05, 0.1) is 0 Å². The molecule has 1 aromatic carbocycles. The number of benzene rings is 1. The molecule has 1 N–H and O–H groups in total. The van der Waals surface area contributed by atoms with Crippen molar-refractivity contribution in [2.24, 2.45) is 5.92 Å². The highest BCUT2D eigenvalue weighted by atomic mass is 35.5. The van der Waals surface area contributed by atoms with Gasteiger partial charge in [-0.05, 0) is 67.4 Å². The van der Waals surface area contributed by atoms with Gasteiger partial charge in [-0.15, -0.1) is 0 Å². The number of carbonyl (C=O) groups is 2. The molecule has 0 spiro atoms. The Morgan fingerprint density at radius 1 is 0.885 bits per heavy atom. The molecule has 0 unspecified atom stereocenters. The maximum atomic E-state index is 12.6. The number of hydrogen-bond acceptors (Lipinski definition) is 3. The highest BCUT2D eigenvalue weighted by molar-refractivity contribution is 6.30. The number of carbonyl (C=O) groups excluding carboxylic acids is 2. The standard InChI is InChI=1S/C22H19ClO3/c23-16-10-8-14(9-11-16)13-4-6-15(7-5-13)21-20(25)12-18-17(22(21)26)2-1-3-19(18)24/h1-3,8-13,15,26H,4-7H2. The van der Waals surface area contributed by atoms with Gasteiger partial charge >= 0.3 is 0 Å². The van der Waals surface area contributed by atoms with E-state index in [0.29, 0.717) is 22.6 Å². The Hall–Kier alpha value is -2.39. The van der Waals surface area contributed by atoms with Gasteiger partial charge in [-0.1, -0.05) is 35.9 Å². The molecule has 0 bridgehead atoms. The lowest BCUT2D eigenvalue weighted by atomic mass is 9.72. The van der Waals surface area contributed by atoms with Crippen LogP contribution in [0.25, 0.3) is 0 Å². The van der Waals surface area contributed by atoms with Crippen molar-refractivity contribution in [1.82, 2.24) is 0 Å². The zero-order valence-corrected chi connectivity index (χ0v) is 15.0. The number of aliphatic hydroxyl groups excluding tert-OH is 1. The fraction of sp³-hybridized carbons (Fsp3) is 0.273. The van der Waals surface area contributed by atoms with Crippen LogP contribution in [0.4, 0.5) is 0 Å². The molecule has 132 valence electrons. The van der Waals surface area contributed by atoms with Gasteiger partial charge in [0.2, 0.25) is 0 Å². The average Bonchev–Trinajstić information content (AvgIpc) is 2.64. The summed E-state index contributed by atoms with van der Waals surface area (Å²) in [5.41, 5.74) is 2.52. The molecule has 3 aliphatic carbocycles. The van der Waals surface area contributed by atoms with Crippen molar-refractivity contribution in [1.29, 1.82) is 0 Å².